The zero-order chi connectivity index (χ0) is 26.6. The molecule has 204 valence electrons. The minimum absolute atomic E-state index is 0.202. The Balaban J connectivity index is 1.28. The van der Waals surface area contributed by atoms with Crippen molar-refractivity contribution >= 4 is 22.3 Å². The number of hydrogen-bond acceptors (Lipinski definition) is 8. The topological polar surface area (TPSA) is 71.8 Å². The van der Waals surface area contributed by atoms with E-state index in [0.29, 0.717) is 19.0 Å². The first-order valence-electron chi connectivity index (χ1n) is 14.5. The zero-order valence-corrected chi connectivity index (χ0v) is 23.1. The molecule has 3 aliphatic heterocycles. The Morgan fingerprint density at radius 2 is 1.79 bits per heavy atom. The number of rotatable bonds is 7. The third kappa shape index (κ3) is 5.66. The van der Waals surface area contributed by atoms with Gasteiger partial charge in [0.1, 0.15) is 12.4 Å². The van der Waals surface area contributed by atoms with Crippen LogP contribution < -0.4 is 14.5 Å². The Hall–Kier alpha value is -3.41. The first kappa shape index (κ1) is 25.8. The quantitative estimate of drug-likeness (QED) is 0.457. The fraction of sp³-hybridized carbons (Fsp3) is 0.516. The summed E-state index contributed by atoms with van der Waals surface area (Å²) in [5.74, 6) is 1.00. The van der Waals surface area contributed by atoms with Crippen molar-refractivity contribution in [1.82, 2.24) is 19.8 Å². The number of piperazine rings is 1. The van der Waals surface area contributed by atoms with Crippen molar-refractivity contribution in [2.75, 3.05) is 69.3 Å². The Labute approximate surface area is 231 Å². The number of nitriles is 1. The van der Waals surface area contributed by atoms with Crippen LogP contribution in [0.15, 0.2) is 42.5 Å². The van der Waals surface area contributed by atoms with Gasteiger partial charge in [0.05, 0.1) is 24.7 Å². The molecule has 1 unspecified atom stereocenters. The number of nitrogens with zero attached hydrogens (tertiary/aromatic N) is 7. The van der Waals surface area contributed by atoms with Crippen molar-refractivity contribution < 1.29 is 4.74 Å². The van der Waals surface area contributed by atoms with E-state index in [1.165, 1.54) is 41.3 Å². The number of likely N-dealkylation sites (tertiary alicyclic amines) is 1. The predicted octanol–water partition coefficient (Wildman–Crippen LogP) is 4.09. The van der Waals surface area contributed by atoms with Crippen molar-refractivity contribution in [3.8, 4) is 12.1 Å². The highest BCUT2D eigenvalue weighted by atomic mass is 16.5. The first-order valence-corrected chi connectivity index (χ1v) is 14.5. The number of fused-ring (bicyclic) bond motifs is 2. The molecule has 2 saturated heterocycles. The fourth-order valence-electron chi connectivity index (χ4n) is 6.32. The second-order valence-electron chi connectivity index (χ2n) is 11.1. The third-order valence-corrected chi connectivity index (χ3v) is 8.62. The maximum absolute atomic E-state index is 9.40. The molecule has 3 aromatic rings. The van der Waals surface area contributed by atoms with Gasteiger partial charge in [0.2, 0.25) is 0 Å². The van der Waals surface area contributed by atoms with Gasteiger partial charge in [-0.2, -0.15) is 15.2 Å². The standard InChI is InChI=1S/C31H39N7O/c1-35-18-19-38(22-25(35)12-14-32)30-27-13-17-37(29-11-7-9-24-8-3-4-10-26(24)29)23-28(27)33-31(34-30)39-21-20-36-15-5-2-6-16-36/h3-4,7-11,25H,2,5-6,12-13,15-23H2,1H3. The van der Waals surface area contributed by atoms with E-state index >= 15 is 0 Å². The number of ether oxygens (including phenoxy) is 1. The van der Waals surface area contributed by atoms with Crippen LogP contribution in [0.5, 0.6) is 6.01 Å². The van der Waals surface area contributed by atoms with E-state index in [1.807, 2.05) is 0 Å². The highest BCUT2D eigenvalue weighted by molar-refractivity contribution is 5.94. The molecule has 8 heteroatoms. The Kier molecular flexibility index (Phi) is 7.80. The van der Waals surface area contributed by atoms with Gasteiger partial charge in [-0.15, -0.1) is 0 Å². The maximum Gasteiger partial charge on any atom is 0.318 e. The van der Waals surface area contributed by atoms with Crippen LogP contribution in [-0.2, 0) is 13.0 Å². The zero-order valence-electron chi connectivity index (χ0n) is 23.1. The van der Waals surface area contributed by atoms with E-state index < -0.39 is 0 Å². The monoisotopic (exact) mass is 525 g/mol. The molecule has 0 saturated carbocycles. The molecule has 0 aliphatic carbocycles. The molecule has 1 aromatic heterocycles. The van der Waals surface area contributed by atoms with Crippen molar-refractivity contribution in [3.05, 3.63) is 53.7 Å². The van der Waals surface area contributed by atoms with Gasteiger partial charge in [0.15, 0.2) is 0 Å². The molecule has 6 rings (SSSR count). The van der Waals surface area contributed by atoms with Crippen LogP contribution in [0.25, 0.3) is 10.8 Å². The average Bonchev–Trinajstić information content (AvgIpc) is 2.98. The smallest absolute Gasteiger partial charge is 0.318 e. The summed E-state index contributed by atoms with van der Waals surface area (Å²) in [6.07, 6.45) is 5.29. The second-order valence-corrected chi connectivity index (χ2v) is 11.1. The molecular formula is C31H39N7O. The fourth-order valence-corrected chi connectivity index (χ4v) is 6.32. The molecule has 3 aliphatic rings. The maximum atomic E-state index is 9.40. The lowest BCUT2D eigenvalue weighted by atomic mass is 10.0. The van der Waals surface area contributed by atoms with Gasteiger partial charge < -0.3 is 14.5 Å². The lowest BCUT2D eigenvalue weighted by molar-refractivity contribution is 0.176. The summed E-state index contributed by atoms with van der Waals surface area (Å²) in [6, 6.07) is 18.2. The first-order chi connectivity index (χ1) is 19.2. The van der Waals surface area contributed by atoms with Gasteiger partial charge in [-0.25, -0.2) is 0 Å². The van der Waals surface area contributed by atoms with Gasteiger partial charge in [-0.1, -0.05) is 42.8 Å². The van der Waals surface area contributed by atoms with E-state index in [0.717, 1.165) is 70.3 Å². The number of anilines is 2. The third-order valence-electron chi connectivity index (χ3n) is 8.62. The predicted molar refractivity (Wildman–Crippen MR) is 155 cm³/mol. The molecule has 39 heavy (non-hydrogen) atoms. The van der Waals surface area contributed by atoms with Crippen LogP contribution >= 0.6 is 0 Å². The van der Waals surface area contributed by atoms with Gasteiger partial charge in [-0.3, -0.25) is 9.80 Å². The highest BCUT2D eigenvalue weighted by Crippen LogP contribution is 2.34. The summed E-state index contributed by atoms with van der Waals surface area (Å²) < 4.78 is 6.24. The molecule has 2 fully saturated rings. The van der Waals surface area contributed by atoms with E-state index in [1.54, 1.807) is 0 Å². The molecule has 1 atom stereocenters. The summed E-state index contributed by atoms with van der Waals surface area (Å²) in [6.45, 7) is 8.08. The number of piperidine rings is 1. The summed E-state index contributed by atoms with van der Waals surface area (Å²) in [5.41, 5.74) is 3.54. The largest absolute Gasteiger partial charge is 0.462 e. The van der Waals surface area contributed by atoms with Crippen LogP contribution in [0, 0.1) is 11.3 Å². The SMILES string of the molecule is CN1CCN(c2nc(OCCN3CCCCC3)nc3c2CCN(c2cccc4ccccc24)C3)CC1CC#N. The molecule has 2 aromatic carbocycles. The summed E-state index contributed by atoms with van der Waals surface area (Å²) >= 11 is 0. The van der Waals surface area contributed by atoms with Crippen LogP contribution in [-0.4, -0.2) is 85.3 Å². The lowest BCUT2D eigenvalue weighted by Gasteiger charge is -2.41. The number of hydrogen-bond donors (Lipinski definition) is 0. The van der Waals surface area contributed by atoms with E-state index in [2.05, 4.69) is 75.2 Å². The average molecular weight is 526 g/mol. The normalized spacial score (nSPS) is 20.6. The molecule has 8 nitrogen and oxygen atoms in total. The molecule has 4 heterocycles. The van der Waals surface area contributed by atoms with Crippen molar-refractivity contribution in [1.29, 1.82) is 5.26 Å². The molecule has 0 N–H and O–H groups in total. The lowest BCUT2D eigenvalue weighted by Crippen LogP contribution is -2.52. The minimum atomic E-state index is 0.202. The van der Waals surface area contributed by atoms with Crippen LogP contribution in [0.4, 0.5) is 11.5 Å². The van der Waals surface area contributed by atoms with Gasteiger partial charge in [0, 0.05) is 55.4 Å². The Morgan fingerprint density at radius 1 is 0.949 bits per heavy atom. The van der Waals surface area contributed by atoms with E-state index in [4.69, 9.17) is 14.7 Å². The van der Waals surface area contributed by atoms with Crippen LogP contribution in [0.1, 0.15) is 36.9 Å². The van der Waals surface area contributed by atoms with Crippen molar-refractivity contribution in [2.45, 2.75) is 44.7 Å². The summed E-state index contributed by atoms with van der Waals surface area (Å²) in [4.78, 5) is 19.6. The summed E-state index contributed by atoms with van der Waals surface area (Å²) in [7, 11) is 2.12. The Bertz CT molecular complexity index is 1330. The molecule has 0 amide bonds. The number of benzene rings is 2. The molecule has 0 radical (unpaired) electrons. The highest BCUT2D eigenvalue weighted by Gasteiger charge is 2.31. The Morgan fingerprint density at radius 3 is 2.67 bits per heavy atom. The molecule has 0 bridgehead atoms. The summed E-state index contributed by atoms with van der Waals surface area (Å²) in [5, 5.41) is 11.9. The van der Waals surface area contributed by atoms with Gasteiger partial charge in [0.25, 0.3) is 0 Å². The van der Waals surface area contributed by atoms with Crippen LogP contribution in [0.2, 0.25) is 0 Å². The van der Waals surface area contributed by atoms with Crippen LogP contribution in [0.3, 0.4) is 0 Å². The molecular weight excluding hydrogens is 486 g/mol. The minimum Gasteiger partial charge on any atom is -0.462 e. The van der Waals surface area contributed by atoms with E-state index in [9.17, 15) is 5.26 Å². The van der Waals surface area contributed by atoms with Gasteiger partial charge in [-0.05, 0) is 50.9 Å². The van der Waals surface area contributed by atoms with Crippen molar-refractivity contribution in [2.24, 2.45) is 0 Å². The number of likely N-dealkylation sites (N-methyl/N-ethyl adjacent to an activating group) is 1. The van der Waals surface area contributed by atoms with E-state index in [-0.39, 0.29) is 6.04 Å². The van der Waals surface area contributed by atoms with Gasteiger partial charge >= 0.3 is 6.01 Å². The molecule has 0 spiro atoms. The second kappa shape index (κ2) is 11.8. The van der Waals surface area contributed by atoms with Crippen molar-refractivity contribution in [3.63, 3.8) is 0 Å². The number of aromatic nitrogens is 2.